The first-order valence-corrected chi connectivity index (χ1v) is 9.03. The third kappa shape index (κ3) is 3.58. The molecule has 0 aliphatic carbocycles. The molecule has 2 aromatic carbocycles. The molecule has 2 aromatic rings. The van der Waals surface area contributed by atoms with Crippen LogP contribution in [0.15, 0.2) is 58.3 Å². The number of hydrogen-bond donors (Lipinski definition) is 2. The molecule has 0 aliphatic heterocycles. The Hall–Kier alpha value is -0.850. The van der Waals surface area contributed by atoms with Gasteiger partial charge in [0.2, 0.25) is 9.05 Å². The molecule has 3 nitrogen and oxygen atoms in total. The van der Waals surface area contributed by atoms with Gasteiger partial charge in [0.25, 0.3) is 0 Å². The predicted octanol–water partition coefficient (Wildman–Crippen LogP) is 3.83. The van der Waals surface area contributed by atoms with E-state index in [4.69, 9.17) is 11.6 Å². The third-order valence-corrected chi connectivity index (χ3v) is 6.97. The van der Waals surface area contributed by atoms with Crippen LogP contribution < -0.4 is 0 Å². The molecule has 6 heteroatoms. The maximum Gasteiger partial charge on any atom is 0.232 e. The van der Waals surface area contributed by atoms with Crippen LogP contribution in [0.4, 0.5) is 0 Å². The zero-order chi connectivity index (χ0) is 14.0. The van der Waals surface area contributed by atoms with Gasteiger partial charge in [0.05, 0.1) is 0 Å². The summed E-state index contributed by atoms with van der Waals surface area (Å²) in [4.78, 5) is 1.13. The fourth-order valence-electron chi connectivity index (χ4n) is 1.63. The molecule has 0 heterocycles. The molecule has 0 amide bonds. The second-order valence-corrected chi connectivity index (χ2v) is 9.10. The van der Waals surface area contributed by atoms with Crippen LogP contribution in [0.5, 0.6) is 0 Å². The van der Waals surface area contributed by atoms with E-state index in [2.05, 4.69) is 0 Å². The van der Waals surface area contributed by atoms with Crippen LogP contribution in [-0.2, 0) is 18.5 Å². The first-order valence-electron chi connectivity index (χ1n) is 5.44. The van der Waals surface area contributed by atoms with Crippen LogP contribution in [0.25, 0.3) is 0 Å². The molecule has 0 saturated heterocycles. The minimum absolute atomic E-state index is 0.464. The molecular formula is C13H13ClO3S2. The number of halogens is 1. The lowest BCUT2D eigenvalue weighted by Crippen LogP contribution is -2.07. The number of rotatable bonds is 2. The molecule has 0 aromatic heterocycles. The van der Waals surface area contributed by atoms with Gasteiger partial charge < -0.3 is 0 Å². The van der Waals surface area contributed by atoms with Gasteiger partial charge in [-0.3, -0.25) is 9.11 Å². The first-order chi connectivity index (χ1) is 8.88. The predicted molar refractivity (Wildman–Crippen MR) is 79.9 cm³/mol. The summed E-state index contributed by atoms with van der Waals surface area (Å²) >= 11 is 5.90. The van der Waals surface area contributed by atoms with Gasteiger partial charge in [0.1, 0.15) is 0 Å². The van der Waals surface area contributed by atoms with E-state index in [0.717, 1.165) is 5.56 Å². The third-order valence-electron chi connectivity index (χ3n) is 2.46. The van der Waals surface area contributed by atoms with Crippen molar-refractivity contribution in [3.63, 3.8) is 0 Å². The maximum absolute atomic E-state index is 11.8. The molecule has 2 rings (SSSR count). The molecule has 0 radical (unpaired) electrons. The van der Waals surface area contributed by atoms with Crippen LogP contribution in [0.2, 0.25) is 5.02 Å². The average molecular weight is 317 g/mol. The summed E-state index contributed by atoms with van der Waals surface area (Å²) in [6, 6.07) is 13.8. The van der Waals surface area contributed by atoms with Gasteiger partial charge in [0.15, 0.2) is 0 Å². The fraction of sp³-hybridized carbons (Fsp3) is 0.0769. The lowest BCUT2D eigenvalue weighted by molar-refractivity contribution is 0.449. The number of aryl methyl sites for hydroxylation is 1. The molecule has 0 spiro atoms. The van der Waals surface area contributed by atoms with Crippen molar-refractivity contribution in [3.8, 4) is 0 Å². The summed E-state index contributed by atoms with van der Waals surface area (Å²) in [7, 11) is -5.31. The van der Waals surface area contributed by atoms with Crippen molar-refractivity contribution in [2.24, 2.45) is 0 Å². The van der Waals surface area contributed by atoms with Crippen LogP contribution in [-0.4, -0.2) is 13.3 Å². The quantitative estimate of drug-likeness (QED) is 0.885. The first kappa shape index (κ1) is 14.6. The van der Waals surface area contributed by atoms with Gasteiger partial charge in [-0.05, 0) is 46.7 Å². The zero-order valence-corrected chi connectivity index (χ0v) is 12.5. The lowest BCUT2D eigenvalue weighted by Gasteiger charge is -2.11. The van der Waals surface area contributed by atoms with Gasteiger partial charge in [-0.15, -0.1) is 0 Å². The van der Waals surface area contributed by atoms with Crippen LogP contribution >= 0.6 is 11.6 Å². The Morgan fingerprint density at radius 3 is 2.21 bits per heavy atom. The Kier molecular flexibility index (Phi) is 4.32. The summed E-state index contributed by atoms with van der Waals surface area (Å²) in [5, 5.41) is 0.464. The van der Waals surface area contributed by atoms with Gasteiger partial charge in [-0.2, -0.15) is 0 Å². The Morgan fingerprint density at radius 1 is 1.05 bits per heavy atom. The maximum atomic E-state index is 11.8. The summed E-state index contributed by atoms with van der Waals surface area (Å²) in [5.74, 6) is 0. The van der Waals surface area contributed by atoms with E-state index in [9.17, 15) is 13.3 Å². The topological polar surface area (TPSA) is 57.5 Å². The van der Waals surface area contributed by atoms with E-state index < -0.39 is 18.5 Å². The summed E-state index contributed by atoms with van der Waals surface area (Å²) in [6.45, 7) is 1.93. The van der Waals surface area contributed by atoms with Crippen LogP contribution in [0, 0.1) is 6.92 Å². The molecule has 0 bridgehead atoms. The van der Waals surface area contributed by atoms with Crippen molar-refractivity contribution in [3.05, 3.63) is 59.1 Å². The van der Waals surface area contributed by atoms with Crippen molar-refractivity contribution < 1.29 is 13.3 Å². The SMILES string of the molecule is Cc1ccc(S(c2cccc(Cl)c2)=S(=O)(O)O)cc1. The van der Waals surface area contributed by atoms with E-state index in [1.54, 1.807) is 36.4 Å². The highest BCUT2D eigenvalue weighted by Crippen LogP contribution is 2.23. The Bertz CT molecular complexity index is 709. The standard InChI is InChI=1S/C13H13ClO3S2/c1-10-5-7-12(8-6-10)18(19(15,16)17)13-4-2-3-11(14)9-13/h2-9H,1H3,(H2,15,16,17). The Morgan fingerprint density at radius 2 is 1.68 bits per heavy atom. The van der Waals surface area contributed by atoms with E-state index in [-0.39, 0.29) is 0 Å². The van der Waals surface area contributed by atoms with Crippen molar-refractivity contribution in [2.45, 2.75) is 16.7 Å². The van der Waals surface area contributed by atoms with Gasteiger partial charge in [0, 0.05) is 14.8 Å². The second kappa shape index (κ2) is 5.64. The summed E-state index contributed by atoms with van der Waals surface area (Å²) in [6.07, 6.45) is 0. The number of benzene rings is 2. The monoisotopic (exact) mass is 316 g/mol. The lowest BCUT2D eigenvalue weighted by atomic mass is 10.2. The summed E-state index contributed by atoms with van der Waals surface area (Å²) < 4.78 is 31.0. The minimum Gasteiger partial charge on any atom is -0.289 e. The minimum atomic E-state index is -3.98. The molecule has 19 heavy (non-hydrogen) atoms. The van der Waals surface area contributed by atoms with E-state index >= 15 is 0 Å². The second-order valence-electron chi connectivity index (χ2n) is 3.99. The van der Waals surface area contributed by atoms with E-state index in [1.165, 1.54) is 0 Å². The molecular weight excluding hydrogens is 304 g/mol. The molecule has 0 saturated carbocycles. The van der Waals surface area contributed by atoms with Crippen molar-refractivity contribution in [1.82, 2.24) is 0 Å². The zero-order valence-electron chi connectivity index (χ0n) is 10.1. The largest absolute Gasteiger partial charge is 0.289 e. The number of hydrogen-bond acceptors (Lipinski definition) is 1. The molecule has 1 unspecified atom stereocenters. The van der Waals surface area contributed by atoms with Gasteiger partial charge in [-0.1, -0.05) is 35.4 Å². The van der Waals surface area contributed by atoms with Crippen LogP contribution in [0.3, 0.4) is 0 Å². The van der Waals surface area contributed by atoms with E-state index in [0.29, 0.717) is 14.8 Å². The molecule has 1 atom stereocenters. The smallest absolute Gasteiger partial charge is 0.232 e. The molecule has 102 valence electrons. The molecule has 2 N–H and O–H groups in total. The van der Waals surface area contributed by atoms with Crippen molar-refractivity contribution in [2.75, 3.05) is 0 Å². The molecule has 0 aliphatic rings. The van der Waals surface area contributed by atoms with Gasteiger partial charge >= 0.3 is 0 Å². The normalized spacial score (nSPS) is 13.3. The highest BCUT2D eigenvalue weighted by molar-refractivity contribution is 8.42. The fourth-order valence-corrected chi connectivity index (χ4v) is 5.63. The highest BCUT2D eigenvalue weighted by Gasteiger charge is 2.13. The van der Waals surface area contributed by atoms with Gasteiger partial charge in [-0.25, -0.2) is 4.21 Å². The van der Waals surface area contributed by atoms with Crippen molar-refractivity contribution >= 4 is 30.1 Å². The van der Waals surface area contributed by atoms with E-state index in [1.807, 2.05) is 19.1 Å². The average Bonchev–Trinajstić information content (AvgIpc) is 2.30. The Balaban J connectivity index is 2.70. The summed E-state index contributed by atoms with van der Waals surface area (Å²) in [5.41, 5.74) is 1.04. The van der Waals surface area contributed by atoms with Crippen LogP contribution in [0.1, 0.15) is 5.56 Å². The van der Waals surface area contributed by atoms with Crippen molar-refractivity contribution in [1.29, 1.82) is 0 Å². The highest BCUT2D eigenvalue weighted by atomic mass is 35.5. The Labute approximate surface area is 119 Å². The molecule has 0 fully saturated rings.